The number of halogens is 2. The van der Waals surface area contributed by atoms with Crippen LogP contribution in [0.3, 0.4) is 0 Å². The quantitative estimate of drug-likeness (QED) is 0.860. The van der Waals surface area contributed by atoms with E-state index in [9.17, 15) is 4.39 Å². The average Bonchev–Trinajstić information content (AvgIpc) is 2.69. The molecule has 0 unspecified atom stereocenters. The van der Waals surface area contributed by atoms with Crippen molar-refractivity contribution in [1.29, 1.82) is 0 Å². The summed E-state index contributed by atoms with van der Waals surface area (Å²) in [7, 11) is 1.90. The Labute approximate surface area is 114 Å². The summed E-state index contributed by atoms with van der Waals surface area (Å²) in [5.74, 6) is -0.217. The summed E-state index contributed by atoms with van der Waals surface area (Å²) in [5, 5.41) is 7.57. The molecule has 0 aliphatic rings. The van der Waals surface area contributed by atoms with Gasteiger partial charge >= 0.3 is 0 Å². The van der Waals surface area contributed by atoms with Crippen LogP contribution in [-0.2, 0) is 20.0 Å². The minimum atomic E-state index is -0.217. The monoisotopic (exact) mass is 311 g/mol. The summed E-state index contributed by atoms with van der Waals surface area (Å²) < 4.78 is 15.7. The topological polar surface area (TPSA) is 29.9 Å². The van der Waals surface area contributed by atoms with Crippen molar-refractivity contribution in [3.05, 3.63) is 52.0 Å². The number of hydrogen-bond donors (Lipinski definition) is 1. The largest absolute Gasteiger partial charge is 0.312 e. The maximum atomic E-state index is 13.1. The number of rotatable bonds is 5. The van der Waals surface area contributed by atoms with Gasteiger partial charge < -0.3 is 5.32 Å². The number of nitrogens with one attached hydrogen (secondary N) is 1. The third-order valence-electron chi connectivity index (χ3n) is 2.58. The van der Waals surface area contributed by atoms with Crippen LogP contribution in [-0.4, -0.2) is 16.3 Å². The molecule has 0 bridgehead atoms. The van der Waals surface area contributed by atoms with Crippen LogP contribution < -0.4 is 5.32 Å². The van der Waals surface area contributed by atoms with Gasteiger partial charge in [0.05, 0.1) is 5.69 Å². The predicted octanol–water partition coefficient (Wildman–Crippen LogP) is 2.65. The Morgan fingerprint density at radius 2 is 2.22 bits per heavy atom. The van der Waals surface area contributed by atoms with Gasteiger partial charge in [-0.15, -0.1) is 0 Å². The molecule has 1 heterocycles. The van der Waals surface area contributed by atoms with Gasteiger partial charge in [0.25, 0.3) is 0 Å². The number of benzene rings is 1. The molecule has 0 saturated carbocycles. The Hall–Kier alpha value is -1.20. The third kappa shape index (κ3) is 3.92. The van der Waals surface area contributed by atoms with Crippen molar-refractivity contribution in [1.82, 2.24) is 15.1 Å². The molecule has 0 saturated heterocycles. The third-order valence-corrected chi connectivity index (χ3v) is 3.04. The van der Waals surface area contributed by atoms with Crippen molar-refractivity contribution >= 4 is 15.9 Å². The highest BCUT2D eigenvalue weighted by atomic mass is 79.9. The van der Waals surface area contributed by atoms with E-state index >= 15 is 0 Å². The minimum absolute atomic E-state index is 0.217. The van der Waals surface area contributed by atoms with Gasteiger partial charge in [-0.2, -0.15) is 5.10 Å². The summed E-state index contributed by atoms with van der Waals surface area (Å²) in [6.45, 7) is 1.48. The van der Waals surface area contributed by atoms with Gasteiger partial charge in [0, 0.05) is 37.2 Å². The van der Waals surface area contributed by atoms with Crippen molar-refractivity contribution in [2.24, 2.45) is 7.05 Å². The Morgan fingerprint density at radius 3 is 2.89 bits per heavy atom. The summed E-state index contributed by atoms with van der Waals surface area (Å²) in [6.07, 6.45) is 2.80. The lowest BCUT2D eigenvalue weighted by Gasteiger charge is -2.05. The lowest BCUT2D eigenvalue weighted by Crippen LogP contribution is -2.17. The zero-order valence-corrected chi connectivity index (χ0v) is 11.7. The Balaban J connectivity index is 1.78. The summed E-state index contributed by atoms with van der Waals surface area (Å²) >= 11 is 3.28. The highest BCUT2D eigenvalue weighted by Crippen LogP contribution is 2.14. The normalized spacial score (nSPS) is 10.8. The van der Waals surface area contributed by atoms with Gasteiger partial charge in [-0.25, -0.2) is 4.39 Å². The molecular formula is C13H15BrFN3. The lowest BCUT2D eigenvalue weighted by atomic mass is 10.2. The van der Waals surface area contributed by atoms with Crippen LogP contribution in [0, 0.1) is 5.82 Å². The first-order valence-corrected chi connectivity index (χ1v) is 6.57. The van der Waals surface area contributed by atoms with Crippen molar-refractivity contribution in [2.45, 2.75) is 13.0 Å². The van der Waals surface area contributed by atoms with E-state index in [4.69, 9.17) is 0 Å². The molecule has 0 amide bonds. The van der Waals surface area contributed by atoms with E-state index in [1.54, 1.807) is 10.7 Å². The molecule has 0 aliphatic carbocycles. The molecule has 3 nitrogen and oxygen atoms in total. The molecule has 5 heteroatoms. The lowest BCUT2D eigenvalue weighted by molar-refractivity contribution is 0.618. The Bertz CT molecular complexity index is 504. The molecule has 2 aromatic rings. The molecule has 1 aromatic heterocycles. The molecule has 96 valence electrons. The SMILES string of the molecule is Cn1ccc(CCNCc2cc(F)cc(Br)c2)n1. The first-order valence-electron chi connectivity index (χ1n) is 5.78. The van der Waals surface area contributed by atoms with Crippen LogP contribution in [0.4, 0.5) is 4.39 Å². The van der Waals surface area contributed by atoms with Crippen molar-refractivity contribution in [3.8, 4) is 0 Å². The zero-order valence-electron chi connectivity index (χ0n) is 10.2. The van der Waals surface area contributed by atoms with Gasteiger partial charge in [0.2, 0.25) is 0 Å². The van der Waals surface area contributed by atoms with E-state index < -0.39 is 0 Å². The number of aryl methyl sites for hydroxylation is 1. The van der Waals surface area contributed by atoms with Gasteiger partial charge in [0.15, 0.2) is 0 Å². The molecule has 2 rings (SSSR count). The number of hydrogen-bond acceptors (Lipinski definition) is 2. The maximum absolute atomic E-state index is 13.1. The van der Waals surface area contributed by atoms with Crippen molar-refractivity contribution in [3.63, 3.8) is 0 Å². The second kappa shape index (κ2) is 6.11. The average molecular weight is 312 g/mol. The van der Waals surface area contributed by atoms with E-state index in [2.05, 4.69) is 26.3 Å². The highest BCUT2D eigenvalue weighted by Gasteiger charge is 2.00. The number of nitrogens with zero attached hydrogens (tertiary/aromatic N) is 2. The fourth-order valence-electron chi connectivity index (χ4n) is 1.76. The van der Waals surface area contributed by atoms with E-state index in [-0.39, 0.29) is 5.82 Å². The van der Waals surface area contributed by atoms with E-state index in [1.165, 1.54) is 6.07 Å². The van der Waals surface area contributed by atoms with E-state index in [0.717, 1.165) is 28.7 Å². The number of aromatic nitrogens is 2. The van der Waals surface area contributed by atoms with Gasteiger partial charge in [-0.3, -0.25) is 4.68 Å². The van der Waals surface area contributed by atoms with Gasteiger partial charge in [-0.1, -0.05) is 15.9 Å². The van der Waals surface area contributed by atoms with Gasteiger partial charge in [-0.05, 0) is 29.8 Å². The molecule has 0 atom stereocenters. The van der Waals surface area contributed by atoms with Gasteiger partial charge in [0.1, 0.15) is 5.82 Å². The summed E-state index contributed by atoms with van der Waals surface area (Å²) in [6, 6.07) is 6.91. The predicted molar refractivity (Wildman–Crippen MR) is 72.7 cm³/mol. The van der Waals surface area contributed by atoms with E-state index in [1.807, 2.05) is 25.4 Å². The molecule has 0 aliphatic heterocycles. The smallest absolute Gasteiger partial charge is 0.124 e. The molecule has 1 N–H and O–H groups in total. The maximum Gasteiger partial charge on any atom is 0.124 e. The van der Waals surface area contributed by atoms with Crippen LogP contribution in [0.5, 0.6) is 0 Å². The molecule has 1 aromatic carbocycles. The molecule has 0 radical (unpaired) electrons. The molecule has 0 fully saturated rings. The minimum Gasteiger partial charge on any atom is -0.312 e. The highest BCUT2D eigenvalue weighted by molar-refractivity contribution is 9.10. The molecule has 18 heavy (non-hydrogen) atoms. The first kappa shape index (κ1) is 13.2. The molecular weight excluding hydrogens is 297 g/mol. The van der Waals surface area contributed by atoms with Crippen LogP contribution in [0.25, 0.3) is 0 Å². The second-order valence-corrected chi connectivity index (χ2v) is 5.10. The van der Waals surface area contributed by atoms with Crippen LogP contribution in [0.1, 0.15) is 11.3 Å². The van der Waals surface area contributed by atoms with Crippen molar-refractivity contribution < 1.29 is 4.39 Å². The summed E-state index contributed by atoms with van der Waals surface area (Å²) in [5.41, 5.74) is 1.99. The summed E-state index contributed by atoms with van der Waals surface area (Å²) in [4.78, 5) is 0. The Kier molecular flexibility index (Phi) is 4.49. The first-order chi connectivity index (χ1) is 8.63. The fraction of sp³-hybridized carbons (Fsp3) is 0.308. The zero-order chi connectivity index (χ0) is 13.0. The van der Waals surface area contributed by atoms with Crippen LogP contribution in [0.2, 0.25) is 0 Å². The molecule has 0 spiro atoms. The fourth-order valence-corrected chi connectivity index (χ4v) is 2.27. The van der Waals surface area contributed by atoms with E-state index in [0.29, 0.717) is 6.54 Å². The van der Waals surface area contributed by atoms with Crippen LogP contribution in [0.15, 0.2) is 34.9 Å². The van der Waals surface area contributed by atoms with Crippen molar-refractivity contribution in [2.75, 3.05) is 6.54 Å². The van der Waals surface area contributed by atoms with Crippen LogP contribution >= 0.6 is 15.9 Å². The Morgan fingerprint density at radius 1 is 1.39 bits per heavy atom. The second-order valence-electron chi connectivity index (χ2n) is 4.19. The standard InChI is InChI=1S/C13H15BrFN3/c1-18-5-3-13(17-18)2-4-16-9-10-6-11(14)8-12(15)7-10/h3,5-8,16H,2,4,9H2,1H3.